The van der Waals surface area contributed by atoms with Gasteiger partial charge in [0.1, 0.15) is 5.75 Å². The minimum absolute atomic E-state index is 0.155. The number of aliphatic hydroxyl groups is 1. The van der Waals surface area contributed by atoms with Gasteiger partial charge in [-0.2, -0.15) is 0 Å². The highest BCUT2D eigenvalue weighted by atomic mass is 16.5. The van der Waals surface area contributed by atoms with Crippen LogP contribution in [0.5, 0.6) is 5.75 Å². The Hall–Kier alpha value is -1.06. The molecule has 1 aromatic rings. The summed E-state index contributed by atoms with van der Waals surface area (Å²) in [6.07, 6.45) is 0. The molecule has 0 amide bonds. The number of nitrogens with one attached hydrogen (secondary N) is 1. The second-order valence-electron chi connectivity index (χ2n) is 4.65. The van der Waals surface area contributed by atoms with Gasteiger partial charge in [0.25, 0.3) is 0 Å². The Kier molecular flexibility index (Phi) is 5.45. The fourth-order valence-electron chi connectivity index (χ4n) is 1.56. The number of aryl methyl sites for hydroxylation is 1. The summed E-state index contributed by atoms with van der Waals surface area (Å²) in [4.78, 5) is 0. The minimum atomic E-state index is 0.155. The molecule has 0 aromatic heterocycles. The maximum atomic E-state index is 9.00. The molecule has 2 N–H and O–H groups in total. The predicted octanol–water partition coefficient (Wildman–Crippen LogP) is 2.28. The molecule has 0 aliphatic heterocycles. The van der Waals surface area contributed by atoms with E-state index in [9.17, 15) is 0 Å². The average molecular weight is 237 g/mol. The van der Waals surface area contributed by atoms with Crippen LogP contribution >= 0.6 is 0 Å². The fraction of sp³-hybridized carbons (Fsp3) is 0.571. The number of benzene rings is 1. The lowest BCUT2D eigenvalue weighted by Crippen LogP contribution is -2.16. The van der Waals surface area contributed by atoms with Crippen LogP contribution in [0, 0.1) is 12.8 Å². The zero-order valence-corrected chi connectivity index (χ0v) is 11.2. The van der Waals surface area contributed by atoms with Gasteiger partial charge < -0.3 is 15.2 Å². The van der Waals surface area contributed by atoms with Gasteiger partial charge >= 0.3 is 0 Å². The molecule has 1 rings (SSSR count). The Labute approximate surface area is 104 Å². The molecule has 0 bridgehead atoms. The van der Waals surface area contributed by atoms with Crippen molar-refractivity contribution in [1.82, 2.24) is 5.32 Å². The lowest BCUT2D eigenvalue weighted by atomic mass is 10.1. The molecular weight excluding hydrogens is 214 g/mol. The molecule has 3 heteroatoms. The molecule has 3 nitrogen and oxygen atoms in total. The van der Waals surface area contributed by atoms with E-state index < -0.39 is 0 Å². The molecule has 2 unspecified atom stereocenters. The summed E-state index contributed by atoms with van der Waals surface area (Å²) in [6.45, 7) is 6.83. The Morgan fingerprint density at radius 3 is 2.65 bits per heavy atom. The van der Waals surface area contributed by atoms with Crippen LogP contribution in [-0.2, 0) is 0 Å². The Balaban J connectivity index is 2.83. The maximum Gasteiger partial charge on any atom is 0.124 e. The molecule has 0 saturated carbocycles. The highest BCUT2D eigenvalue weighted by Gasteiger charge is 2.11. The molecule has 1 aromatic carbocycles. The molecule has 0 spiro atoms. The van der Waals surface area contributed by atoms with Crippen molar-refractivity contribution in [1.29, 1.82) is 0 Å². The molecular formula is C14H23NO2. The van der Waals surface area contributed by atoms with Crippen LogP contribution in [0.2, 0.25) is 0 Å². The molecule has 96 valence electrons. The first kappa shape index (κ1) is 14.0. The lowest BCUT2D eigenvalue weighted by molar-refractivity contribution is 0.173. The van der Waals surface area contributed by atoms with Crippen molar-refractivity contribution in [3.05, 3.63) is 29.3 Å². The summed E-state index contributed by atoms with van der Waals surface area (Å²) < 4.78 is 5.79. The smallest absolute Gasteiger partial charge is 0.124 e. The van der Waals surface area contributed by atoms with E-state index in [0.717, 1.165) is 11.3 Å². The summed E-state index contributed by atoms with van der Waals surface area (Å²) >= 11 is 0. The van der Waals surface area contributed by atoms with Crippen LogP contribution in [0.4, 0.5) is 0 Å². The van der Waals surface area contributed by atoms with Crippen LogP contribution in [0.3, 0.4) is 0 Å². The first-order chi connectivity index (χ1) is 8.08. The van der Waals surface area contributed by atoms with Gasteiger partial charge in [0.15, 0.2) is 0 Å². The lowest BCUT2D eigenvalue weighted by Gasteiger charge is -2.18. The van der Waals surface area contributed by atoms with Crippen molar-refractivity contribution < 1.29 is 9.84 Å². The second-order valence-corrected chi connectivity index (χ2v) is 4.65. The van der Waals surface area contributed by atoms with Crippen molar-refractivity contribution in [2.75, 3.05) is 20.3 Å². The van der Waals surface area contributed by atoms with Crippen molar-refractivity contribution in [2.45, 2.75) is 26.8 Å². The zero-order chi connectivity index (χ0) is 12.8. The Morgan fingerprint density at radius 1 is 1.35 bits per heavy atom. The van der Waals surface area contributed by atoms with Gasteiger partial charge in [-0.05, 0) is 32.5 Å². The summed E-state index contributed by atoms with van der Waals surface area (Å²) in [7, 11) is 1.94. The monoisotopic (exact) mass is 237 g/mol. The van der Waals surface area contributed by atoms with Crippen molar-refractivity contribution >= 4 is 0 Å². The van der Waals surface area contributed by atoms with E-state index in [1.165, 1.54) is 5.56 Å². The molecule has 0 heterocycles. The van der Waals surface area contributed by atoms with Gasteiger partial charge in [-0.15, -0.1) is 0 Å². The zero-order valence-electron chi connectivity index (χ0n) is 11.2. The van der Waals surface area contributed by atoms with Gasteiger partial charge in [-0.3, -0.25) is 0 Å². The maximum absolute atomic E-state index is 9.00. The molecule has 0 aliphatic rings. The molecule has 0 aliphatic carbocycles. The molecule has 0 fully saturated rings. The van der Waals surface area contributed by atoms with Crippen LogP contribution in [0.25, 0.3) is 0 Å². The number of hydrogen-bond donors (Lipinski definition) is 2. The third kappa shape index (κ3) is 4.02. The third-order valence-corrected chi connectivity index (χ3v) is 2.90. The summed E-state index contributed by atoms with van der Waals surface area (Å²) in [6, 6.07) is 6.49. The first-order valence-electron chi connectivity index (χ1n) is 6.10. The van der Waals surface area contributed by atoms with Crippen LogP contribution < -0.4 is 10.1 Å². The van der Waals surface area contributed by atoms with Gasteiger partial charge in [-0.1, -0.05) is 19.1 Å². The van der Waals surface area contributed by atoms with Gasteiger partial charge in [-0.25, -0.2) is 0 Å². The van der Waals surface area contributed by atoms with E-state index in [0.29, 0.717) is 6.61 Å². The Morgan fingerprint density at radius 2 is 2.06 bits per heavy atom. The van der Waals surface area contributed by atoms with Crippen LogP contribution in [0.15, 0.2) is 18.2 Å². The molecule has 2 atom stereocenters. The quantitative estimate of drug-likeness (QED) is 0.797. The van der Waals surface area contributed by atoms with Crippen molar-refractivity contribution in [3.8, 4) is 5.75 Å². The second kappa shape index (κ2) is 6.62. The SMILES string of the molecule is CNC(C)c1ccc(C)cc1OCC(C)CO. The van der Waals surface area contributed by atoms with E-state index in [1.807, 2.05) is 20.0 Å². The normalized spacial score (nSPS) is 14.4. The number of hydrogen-bond acceptors (Lipinski definition) is 3. The van der Waals surface area contributed by atoms with E-state index in [4.69, 9.17) is 9.84 Å². The highest BCUT2D eigenvalue weighted by Crippen LogP contribution is 2.26. The topological polar surface area (TPSA) is 41.5 Å². The van der Waals surface area contributed by atoms with E-state index in [1.54, 1.807) is 0 Å². The van der Waals surface area contributed by atoms with Crippen LogP contribution in [-0.4, -0.2) is 25.4 Å². The van der Waals surface area contributed by atoms with Crippen molar-refractivity contribution in [3.63, 3.8) is 0 Å². The summed E-state index contributed by atoms with van der Waals surface area (Å²) in [5.41, 5.74) is 2.34. The van der Waals surface area contributed by atoms with E-state index in [2.05, 4.69) is 31.3 Å². The van der Waals surface area contributed by atoms with Crippen molar-refractivity contribution in [2.24, 2.45) is 5.92 Å². The van der Waals surface area contributed by atoms with E-state index >= 15 is 0 Å². The summed E-state index contributed by atoms with van der Waals surface area (Å²) in [5.74, 6) is 1.07. The van der Waals surface area contributed by atoms with Gasteiger partial charge in [0.2, 0.25) is 0 Å². The average Bonchev–Trinajstić information content (AvgIpc) is 2.35. The predicted molar refractivity (Wildman–Crippen MR) is 70.4 cm³/mol. The third-order valence-electron chi connectivity index (χ3n) is 2.90. The Bertz CT molecular complexity index is 352. The minimum Gasteiger partial charge on any atom is -0.493 e. The van der Waals surface area contributed by atoms with Gasteiger partial charge in [0, 0.05) is 24.1 Å². The highest BCUT2D eigenvalue weighted by molar-refractivity contribution is 5.39. The molecule has 17 heavy (non-hydrogen) atoms. The standard InChI is InChI=1S/C14H23NO2/c1-10-5-6-13(12(3)15-4)14(7-10)17-9-11(2)8-16/h5-7,11-12,15-16H,8-9H2,1-4H3. The molecule has 0 saturated heterocycles. The number of rotatable bonds is 6. The molecule has 0 radical (unpaired) electrons. The fourth-order valence-corrected chi connectivity index (χ4v) is 1.56. The summed E-state index contributed by atoms with van der Waals surface area (Å²) in [5, 5.41) is 12.2. The van der Waals surface area contributed by atoms with E-state index in [-0.39, 0.29) is 18.6 Å². The number of ether oxygens (including phenoxy) is 1. The largest absolute Gasteiger partial charge is 0.493 e. The first-order valence-corrected chi connectivity index (χ1v) is 6.10. The number of aliphatic hydroxyl groups excluding tert-OH is 1. The van der Waals surface area contributed by atoms with Gasteiger partial charge in [0.05, 0.1) is 6.61 Å². The van der Waals surface area contributed by atoms with Crippen LogP contribution in [0.1, 0.15) is 31.0 Å².